The third-order valence-electron chi connectivity index (χ3n) is 6.44. The van der Waals surface area contributed by atoms with Crippen molar-refractivity contribution in [2.45, 2.75) is 36.9 Å². The van der Waals surface area contributed by atoms with Gasteiger partial charge >= 0.3 is 0 Å². The van der Waals surface area contributed by atoms with Crippen LogP contribution in [0.2, 0.25) is 5.02 Å². The van der Waals surface area contributed by atoms with Crippen LogP contribution in [0.5, 0.6) is 0 Å². The third-order valence-corrected chi connectivity index (χ3v) is 7.76. The van der Waals surface area contributed by atoms with Crippen LogP contribution >= 0.6 is 23.5 Å². The monoisotopic (exact) mass is 527 g/mol. The Morgan fingerprint density at radius 1 is 1.11 bits per heavy atom. The highest BCUT2D eigenvalue weighted by atomic mass is 35.5. The first-order valence-corrected chi connectivity index (χ1v) is 13.3. The smallest absolute Gasteiger partial charge is 0.238 e. The van der Waals surface area contributed by atoms with Crippen LogP contribution in [0.1, 0.15) is 27.9 Å². The highest BCUT2D eigenvalue weighted by molar-refractivity contribution is 7.97. The molecular formula is C29H26ClN5OS. The summed E-state index contributed by atoms with van der Waals surface area (Å²) in [7, 11) is 0. The fourth-order valence-corrected chi connectivity index (χ4v) is 5.84. The average molecular weight is 528 g/mol. The fourth-order valence-electron chi connectivity index (χ4n) is 4.49. The number of nitrogens with zero attached hydrogens (tertiary/aromatic N) is 4. The largest absolute Gasteiger partial charge is 0.354 e. The Labute approximate surface area is 226 Å². The summed E-state index contributed by atoms with van der Waals surface area (Å²) < 4.78 is 4.23. The predicted molar refractivity (Wildman–Crippen MR) is 146 cm³/mol. The number of nitrogens with one attached hydrogen (secondary N) is 1. The molecule has 5 rings (SSSR count). The summed E-state index contributed by atoms with van der Waals surface area (Å²) in [5.74, 6) is 0.0159. The molecule has 0 bridgehead atoms. The van der Waals surface area contributed by atoms with E-state index in [1.54, 1.807) is 18.3 Å². The van der Waals surface area contributed by atoms with E-state index in [4.69, 9.17) is 16.9 Å². The van der Waals surface area contributed by atoms with Crippen molar-refractivity contribution >= 4 is 29.5 Å². The number of hydrogen-bond donors (Lipinski definition) is 1. The highest BCUT2D eigenvalue weighted by Gasteiger charge is 2.32. The number of benzene rings is 3. The normalized spacial score (nSPS) is 15.1. The molecule has 2 heterocycles. The topological polar surface area (TPSA) is 74.0 Å². The minimum Gasteiger partial charge on any atom is -0.354 e. The van der Waals surface area contributed by atoms with Gasteiger partial charge in [0, 0.05) is 47.9 Å². The van der Waals surface area contributed by atoms with E-state index in [1.807, 2.05) is 66.9 Å². The second kappa shape index (κ2) is 11.7. The minimum atomic E-state index is -0.289. The number of aromatic nitrogens is 2. The molecule has 0 radical (unpaired) electrons. The summed E-state index contributed by atoms with van der Waals surface area (Å²) in [5, 5.41) is 12.8. The maximum Gasteiger partial charge on any atom is 0.238 e. The van der Waals surface area contributed by atoms with Crippen molar-refractivity contribution in [2.75, 3.05) is 6.54 Å². The Balaban J connectivity index is 1.23. The number of amides is 1. The van der Waals surface area contributed by atoms with Gasteiger partial charge in [0.15, 0.2) is 0 Å². The fraction of sp³-hybridized carbons (Fsp3) is 0.207. The molecule has 8 heteroatoms. The van der Waals surface area contributed by atoms with Crippen molar-refractivity contribution in [3.8, 4) is 6.07 Å². The number of carbonyl (C=O) groups excluding carboxylic acids is 1. The van der Waals surface area contributed by atoms with E-state index >= 15 is 0 Å². The lowest BCUT2D eigenvalue weighted by Crippen LogP contribution is -2.47. The van der Waals surface area contributed by atoms with Gasteiger partial charge in [-0.3, -0.25) is 4.79 Å². The number of hydrogen-bond acceptors (Lipinski definition) is 5. The Kier molecular flexibility index (Phi) is 7.90. The first-order chi connectivity index (χ1) is 18.1. The molecule has 1 atom stereocenters. The standard InChI is InChI=1S/C29H26ClN5OS/c30-25-6-3-7-27(15-25)37-35-19-24-5-2-1-4-23(24)14-28(35)29(36)33-13-12-26-17-32-20-34(26)18-22-10-8-21(16-31)9-11-22/h1-11,15,17,20,28H,12-14,18-19H2,(H,33,36). The molecule has 1 N–H and O–H groups in total. The first-order valence-electron chi connectivity index (χ1n) is 12.1. The van der Waals surface area contributed by atoms with Crippen LogP contribution in [-0.4, -0.2) is 32.4 Å². The summed E-state index contributed by atoms with van der Waals surface area (Å²) in [4.78, 5) is 18.7. The van der Waals surface area contributed by atoms with Crippen LogP contribution in [0.15, 0.2) is 90.2 Å². The lowest BCUT2D eigenvalue weighted by atomic mass is 9.95. The van der Waals surface area contributed by atoms with Gasteiger partial charge in [0.1, 0.15) is 6.04 Å². The highest BCUT2D eigenvalue weighted by Crippen LogP contribution is 2.34. The zero-order chi connectivity index (χ0) is 25.6. The summed E-state index contributed by atoms with van der Waals surface area (Å²) in [6, 6.07) is 25.4. The molecule has 1 unspecified atom stereocenters. The molecule has 0 fully saturated rings. The molecule has 0 aliphatic carbocycles. The van der Waals surface area contributed by atoms with Gasteiger partial charge in [-0.25, -0.2) is 9.29 Å². The van der Waals surface area contributed by atoms with Crippen molar-refractivity contribution in [3.63, 3.8) is 0 Å². The van der Waals surface area contributed by atoms with E-state index in [2.05, 4.69) is 37.4 Å². The quantitative estimate of drug-likeness (QED) is 0.317. The Morgan fingerprint density at radius 3 is 2.70 bits per heavy atom. The molecule has 4 aromatic rings. The Bertz CT molecular complexity index is 1430. The second-order valence-corrected chi connectivity index (χ2v) is 10.5. The van der Waals surface area contributed by atoms with Crippen LogP contribution < -0.4 is 5.32 Å². The molecule has 186 valence electrons. The maximum absolute atomic E-state index is 13.4. The van der Waals surface area contributed by atoms with Crippen molar-refractivity contribution < 1.29 is 4.79 Å². The molecule has 37 heavy (non-hydrogen) atoms. The zero-order valence-electron chi connectivity index (χ0n) is 20.2. The van der Waals surface area contributed by atoms with Crippen LogP contribution in [0.3, 0.4) is 0 Å². The predicted octanol–water partition coefficient (Wildman–Crippen LogP) is 5.25. The number of halogens is 1. The van der Waals surface area contributed by atoms with Gasteiger partial charge in [-0.05, 0) is 65.4 Å². The molecule has 0 saturated carbocycles. The van der Waals surface area contributed by atoms with Gasteiger partial charge < -0.3 is 9.88 Å². The van der Waals surface area contributed by atoms with Crippen LogP contribution in [0.4, 0.5) is 0 Å². The SMILES string of the molecule is N#Cc1ccc(Cn2cncc2CCNC(=O)C2Cc3ccccc3CN2Sc2cccc(Cl)c2)cc1. The number of imidazole rings is 1. The van der Waals surface area contributed by atoms with E-state index in [0.29, 0.717) is 43.1 Å². The number of carbonyl (C=O) groups is 1. The molecule has 0 saturated heterocycles. The van der Waals surface area contributed by atoms with E-state index in [-0.39, 0.29) is 11.9 Å². The summed E-state index contributed by atoms with van der Waals surface area (Å²) >= 11 is 7.78. The summed E-state index contributed by atoms with van der Waals surface area (Å²) in [5.41, 5.74) is 5.24. The lowest BCUT2D eigenvalue weighted by Gasteiger charge is -2.35. The van der Waals surface area contributed by atoms with E-state index in [1.165, 1.54) is 11.1 Å². The average Bonchev–Trinajstić information content (AvgIpc) is 3.35. The molecular weight excluding hydrogens is 502 g/mol. The summed E-state index contributed by atoms with van der Waals surface area (Å²) in [6.07, 6.45) is 4.98. The van der Waals surface area contributed by atoms with Gasteiger partial charge in [0.25, 0.3) is 0 Å². The van der Waals surface area contributed by atoms with Crippen LogP contribution in [-0.2, 0) is 30.7 Å². The number of fused-ring (bicyclic) bond motifs is 1. The molecule has 1 amide bonds. The van der Waals surface area contributed by atoms with Crippen LogP contribution in [0.25, 0.3) is 0 Å². The first kappa shape index (κ1) is 25.1. The maximum atomic E-state index is 13.4. The number of nitriles is 1. The van der Waals surface area contributed by atoms with E-state index in [9.17, 15) is 4.79 Å². The van der Waals surface area contributed by atoms with Crippen molar-refractivity contribution in [1.82, 2.24) is 19.2 Å². The summed E-state index contributed by atoms with van der Waals surface area (Å²) in [6.45, 7) is 1.87. The molecule has 6 nitrogen and oxygen atoms in total. The molecule has 1 aliphatic heterocycles. The Hall–Kier alpha value is -3.57. The van der Waals surface area contributed by atoms with Gasteiger partial charge in [-0.1, -0.05) is 54.1 Å². The van der Waals surface area contributed by atoms with Crippen molar-refractivity contribution in [1.29, 1.82) is 5.26 Å². The molecule has 0 spiro atoms. The van der Waals surface area contributed by atoms with Crippen LogP contribution in [0, 0.1) is 11.3 Å². The van der Waals surface area contributed by atoms with E-state index < -0.39 is 0 Å². The van der Waals surface area contributed by atoms with E-state index in [0.717, 1.165) is 16.2 Å². The van der Waals surface area contributed by atoms with Crippen molar-refractivity contribution in [3.05, 3.63) is 118 Å². The zero-order valence-corrected chi connectivity index (χ0v) is 21.8. The molecule has 1 aromatic heterocycles. The van der Waals surface area contributed by atoms with Gasteiger partial charge in [0.2, 0.25) is 5.91 Å². The molecule has 3 aromatic carbocycles. The lowest BCUT2D eigenvalue weighted by molar-refractivity contribution is -0.125. The van der Waals surface area contributed by atoms with Gasteiger partial charge in [-0.15, -0.1) is 0 Å². The number of rotatable bonds is 8. The minimum absolute atomic E-state index is 0.0159. The second-order valence-electron chi connectivity index (χ2n) is 8.98. The Morgan fingerprint density at radius 2 is 1.92 bits per heavy atom. The molecule has 1 aliphatic rings. The van der Waals surface area contributed by atoms with Gasteiger partial charge in [0.05, 0.1) is 18.0 Å². The third kappa shape index (κ3) is 6.23. The van der Waals surface area contributed by atoms with Gasteiger partial charge in [-0.2, -0.15) is 5.26 Å². The van der Waals surface area contributed by atoms with Crippen molar-refractivity contribution in [2.24, 2.45) is 0 Å².